The van der Waals surface area contributed by atoms with Gasteiger partial charge in [0, 0.05) is 13.1 Å². The van der Waals surface area contributed by atoms with E-state index >= 15 is 0 Å². The van der Waals surface area contributed by atoms with Crippen molar-refractivity contribution in [3.05, 3.63) is 5.82 Å². The molecule has 24 heavy (non-hydrogen) atoms. The van der Waals surface area contributed by atoms with E-state index in [0.717, 1.165) is 35.6 Å². The van der Waals surface area contributed by atoms with Crippen LogP contribution in [0.4, 0.5) is 13.2 Å². The Hall–Kier alpha value is -1.25. The zero-order valence-electron chi connectivity index (χ0n) is 14.2. The predicted octanol–water partition coefficient (Wildman–Crippen LogP) is 3.26. The van der Waals surface area contributed by atoms with Crippen LogP contribution in [0.3, 0.4) is 0 Å². The molecule has 1 aromatic rings. The van der Waals surface area contributed by atoms with Crippen LogP contribution in [-0.4, -0.2) is 32.0 Å². The highest BCUT2D eigenvalue weighted by atomic mass is 32.2. The largest absolute Gasteiger partial charge is 0.451 e. The van der Waals surface area contributed by atoms with E-state index in [-0.39, 0.29) is 17.1 Å². The molecule has 1 aromatic heterocycles. The van der Waals surface area contributed by atoms with Crippen LogP contribution in [0.2, 0.25) is 0 Å². The second-order valence-electron chi connectivity index (χ2n) is 6.51. The number of nitrogens with one attached hydrogen (secondary N) is 1. The Labute approximate surface area is 143 Å². The van der Waals surface area contributed by atoms with Crippen LogP contribution in [0.15, 0.2) is 5.16 Å². The lowest BCUT2D eigenvalue weighted by molar-refractivity contribution is -0.147. The number of amides is 1. The number of hydrogen-bond acceptors (Lipinski definition) is 4. The average molecular weight is 364 g/mol. The Morgan fingerprint density at radius 1 is 1.33 bits per heavy atom. The van der Waals surface area contributed by atoms with Crippen LogP contribution in [0.5, 0.6) is 0 Å². The van der Waals surface area contributed by atoms with Gasteiger partial charge in [0.15, 0.2) is 5.16 Å². The van der Waals surface area contributed by atoms with Crippen LogP contribution in [0, 0.1) is 11.8 Å². The molecule has 0 bridgehead atoms. The fourth-order valence-electron chi connectivity index (χ4n) is 2.96. The number of halogens is 3. The van der Waals surface area contributed by atoms with Gasteiger partial charge in [0.25, 0.3) is 0 Å². The van der Waals surface area contributed by atoms with Crippen LogP contribution in [0.25, 0.3) is 0 Å². The van der Waals surface area contributed by atoms with Crippen molar-refractivity contribution in [2.45, 2.75) is 62.7 Å². The summed E-state index contributed by atoms with van der Waals surface area (Å²) >= 11 is 0.983. The van der Waals surface area contributed by atoms with Crippen LogP contribution in [-0.2, 0) is 18.0 Å². The molecule has 1 N–H and O–H groups in total. The smallest absolute Gasteiger partial charge is 0.352 e. The third-order valence-electron chi connectivity index (χ3n) is 4.77. The zero-order valence-corrected chi connectivity index (χ0v) is 15.0. The van der Waals surface area contributed by atoms with Gasteiger partial charge in [-0.25, -0.2) is 0 Å². The molecule has 1 aliphatic carbocycles. The first-order valence-electron chi connectivity index (χ1n) is 8.05. The lowest BCUT2D eigenvalue weighted by Crippen LogP contribution is -2.46. The maximum absolute atomic E-state index is 12.7. The molecule has 0 radical (unpaired) electrons. The number of alkyl halides is 3. The lowest BCUT2D eigenvalue weighted by Gasteiger charge is -2.35. The first kappa shape index (κ1) is 19.1. The summed E-state index contributed by atoms with van der Waals surface area (Å²) in [6.45, 7) is 5.98. The van der Waals surface area contributed by atoms with Gasteiger partial charge in [-0.2, -0.15) is 13.2 Å². The quantitative estimate of drug-likeness (QED) is 0.833. The maximum Gasteiger partial charge on any atom is 0.451 e. The molecule has 1 fully saturated rings. The molecular formula is C15H23F3N4OS. The summed E-state index contributed by atoms with van der Waals surface area (Å²) in [6, 6.07) is 0.120. The van der Waals surface area contributed by atoms with Gasteiger partial charge < -0.3 is 9.88 Å². The van der Waals surface area contributed by atoms with Crippen LogP contribution < -0.4 is 5.32 Å². The van der Waals surface area contributed by atoms with E-state index in [4.69, 9.17) is 0 Å². The molecule has 0 saturated heterocycles. The van der Waals surface area contributed by atoms with Gasteiger partial charge in [-0.05, 0) is 25.2 Å². The topological polar surface area (TPSA) is 59.8 Å². The monoisotopic (exact) mass is 364 g/mol. The second-order valence-corrected chi connectivity index (χ2v) is 7.81. The van der Waals surface area contributed by atoms with E-state index in [1.54, 1.807) is 6.92 Å². The molecule has 136 valence electrons. The second kappa shape index (κ2) is 7.33. The Balaban J connectivity index is 1.98. The molecule has 0 aromatic carbocycles. The van der Waals surface area contributed by atoms with Gasteiger partial charge in [0.1, 0.15) is 0 Å². The number of rotatable bonds is 4. The third kappa shape index (κ3) is 4.23. The highest BCUT2D eigenvalue weighted by molar-refractivity contribution is 8.00. The zero-order chi connectivity index (χ0) is 18.1. The number of nitrogens with zero attached hydrogens (tertiary/aromatic N) is 3. The van der Waals surface area contributed by atoms with Crippen molar-refractivity contribution in [3.8, 4) is 0 Å². The van der Waals surface area contributed by atoms with E-state index in [1.165, 1.54) is 7.05 Å². The number of carbonyl (C=O) groups excluding carboxylic acids is 1. The summed E-state index contributed by atoms with van der Waals surface area (Å²) in [4.78, 5) is 12.4. The van der Waals surface area contributed by atoms with E-state index in [9.17, 15) is 18.0 Å². The predicted molar refractivity (Wildman–Crippen MR) is 85.4 cm³/mol. The highest BCUT2D eigenvalue weighted by Gasteiger charge is 2.38. The van der Waals surface area contributed by atoms with E-state index in [1.807, 2.05) is 0 Å². The molecule has 0 unspecified atom stereocenters. The maximum atomic E-state index is 12.7. The van der Waals surface area contributed by atoms with Gasteiger partial charge in [0.05, 0.1) is 5.25 Å². The lowest BCUT2D eigenvalue weighted by atomic mass is 9.78. The third-order valence-corrected chi connectivity index (χ3v) is 5.91. The summed E-state index contributed by atoms with van der Waals surface area (Å²) in [6.07, 6.45) is -1.37. The molecule has 1 heterocycles. The summed E-state index contributed by atoms with van der Waals surface area (Å²) in [5.74, 6) is -0.290. The van der Waals surface area contributed by atoms with Crippen molar-refractivity contribution in [3.63, 3.8) is 0 Å². The Morgan fingerprint density at radius 2 is 2.00 bits per heavy atom. The average Bonchev–Trinajstić information content (AvgIpc) is 2.85. The molecule has 1 aliphatic rings. The molecule has 0 spiro atoms. The summed E-state index contributed by atoms with van der Waals surface area (Å²) < 4.78 is 39.1. The molecule has 4 atom stereocenters. The standard InChI is InChI=1S/C15H23F3N4OS/c1-8-6-5-7-11(9(8)2)19-12(23)10(3)24-14-21-20-13(22(14)4)15(16,17)18/h8-11H,5-7H2,1-4H3,(H,19,23)/t8-,9-,10-,11-/m1/s1. The Bertz CT molecular complexity index is 590. The van der Waals surface area contributed by atoms with Crippen molar-refractivity contribution in [2.24, 2.45) is 18.9 Å². The Kier molecular flexibility index (Phi) is 5.83. The fourth-order valence-corrected chi connectivity index (χ4v) is 3.79. The minimum absolute atomic E-state index is 0.0787. The van der Waals surface area contributed by atoms with Gasteiger partial charge in [0.2, 0.25) is 11.7 Å². The van der Waals surface area contributed by atoms with Gasteiger partial charge >= 0.3 is 6.18 Å². The Morgan fingerprint density at radius 3 is 2.58 bits per heavy atom. The number of aromatic nitrogens is 3. The van der Waals surface area contributed by atoms with E-state index < -0.39 is 17.3 Å². The van der Waals surface area contributed by atoms with Crippen molar-refractivity contribution in [1.29, 1.82) is 0 Å². The molecule has 0 aliphatic heterocycles. The summed E-state index contributed by atoms with van der Waals surface area (Å²) in [7, 11) is 1.25. The first-order valence-corrected chi connectivity index (χ1v) is 8.92. The van der Waals surface area contributed by atoms with Crippen molar-refractivity contribution >= 4 is 17.7 Å². The SMILES string of the molecule is C[C@@H]1[C@H](C)CCC[C@H]1NC(=O)[C@@H](C)Sc1nnc(C(F)(F)F)n1C. The van der Waals surface area contributed by atoms with Crippen molar-refractivity contribution in [1.82, 2.24) is 20.1 Å². The minimum atomic E-state index is -4.56. The van der Waals surface area contributed by atoms with Crippen molar-refractivity contribution in [2.75, 3.05) is 0 Å². The van der Waals surface area contributed by atoms with E-state index in [2.05, 4.69) is 29.4 Å². The number of hydrogen-bond donors (Lipinski definition) is 1. The van der Waals surface area contributed by atoms with Crippen molar-refractivity contribution < 1.29 is 18.0 Å². The minimum Gasteiger partial charge on any atom is -0.352 e. The van der Waals surface area contributed by atoms with E-state index in [0.29, 0.717) is 11.8 Å². The summed E-state index contributed by atoms with van der Waals surface area (Å²) in [5, 5.41) is 9.30. The van der Waals surface area contributed by atoms with Gasteiger partial charge in [-0.3, -0.25) is 4.79 Å². The highest BCUT2D eigenvalue weighted by Crippen LogP contribution is 2.32. The number of carbonyl (C=O) groups is 1. The van der Waals surface area contributed by atoms with Crippen LogP contribution >= 0.6 is 11.8 Å². The number of thioether (sulfide) groups is 1. The molecule has 9 heteroatoms. The van der Waals surface area contributed by atoms with Crippen LogP contribution in [0.1, 0.15) is 45.9 Å². The van der Waals surface area contributed by atoms with Gasteiger partial charge in [-0.15, -0.1) is 10.2 Å². The molecule has 5 nitrogen and oxygen atoms in total. The first-order chi connectivity index (χ1) is 11.1. The summed E-state index contributed by atoms with van der Waals surface area (Å²) in [5.41, 5.74) is 0. The molecule has 1 amide bonds. The van der Waals surface area contributed by atoms with Gasteiger partial charge in [-0.1, -0.05) is 38.5 Å². The molecule has 2 rings (SSSR count). The normalized spacial score (nSPS) is 26.2. The fraction of sp³-hybridized carbons (Fsp3) is 0.800. The molecular weight excluding hydrogens is 341 g/mol. The molecule has 1 saturated carbocycles.